The zero-order valence-corrected chi connectivity index (χ0v) is 12.4. The third-order valence-electron chi connectivity index (χ3n) is 2.41. The van der Waals surface area contributed by atoms with Crippen LogP contribution in [-0.4, -0.2) is 21.1 Å². The average Bonchev–Trinajstić information content (AvgIpc) is 2.16. The third kappa shape index (κ3) is 12.8. The van der Waals surface area contributed by atoms with E-state index < -0.39 is 0 Å². The van der Waals surface area contributed by atoms with Crippen LogP contribution in [0.3, 0.4) is 0 Å². The number of hydrogen-bond acceptors (Lipinski definition) is 0. The van der Waals surface area contributed by atoms with E-state index in [-0.39, 0.29) is 21.1 Å². The Labute approximate surface area is 95.1 Å². The van der Waals surface area contributed by atoms with E-state index in [4.69, 9.17) is 0 Å². The molecule has 0 aliphatic heterocycles. The van der Waals surface area contributed by atoms with Crippen molar-refractivity contribution in [2.24, 2.45) is 0 Å². The average molecular weight is 289 g/mol. The predicted molar refractivity (Wildman–Crippen MR) is 63.7 cm³/mol. The van der Waals surface area contributed by atoms with Gasteiger partial charge in [0.2, 0.25) is 0 Å². The van der Waals surface area contributed by atoms with Gasteiger partial charge in [-0.05, 0) is 0 Å². The van der Waals surface area contributed by atoms with Gasteiger partial charge in [0.25, 0.3) is 0 Å². The van der Waals surface area contributed by atoms with Crippen molar-refractivity contribution in [3.8, 4) is 0 Å². The summed E-state index contributed by atoms with van der Waals surface area (Å²) in [7, 11) is 0. The zero-order valence-electron chi connectivity index (χ0n) is 9.57. The summed E-state index contributed by atoms with van der Waals surface area (Å²) >= 11 is 0.104. The number of rotatable bonds is 10. The molecule has 0 unspecified atom stereocenters. The van der Waals surface area contributed by atoms with Crippen molar-refractivity contribution in [2.75, 3.05) is 0 Å². The first-order chi connectivity index (χ1) is 6.41. The summed E-state index contributed by atoms with van der Waals surface area (Å²) in [4.78, 5) is 0. The molecule has 0 aliphatic carbocycles. The molecule has 0 fully saturated rings. The van der Waals surface area contributed by atoms with Crippen LogP contribution < -0.4 is 0 Å². The Bertz CT molecular complexity index is 71.2. The van der Waals surface area contributed by atoms with E-state index in [0.29, 0.717) is 0 Å². The van der Waals surface area contributed by atoms with Gasteiger partial charge in [-0.25, -0.2) is 0 Å². The molecule has 0 aromatic carbocycles. The molecule has 0 amide bonds. The zero-order chi connectivity index (χ0) is 9.78. The van der Waals surface area contributed by atoms with Crippen LogP contribution >= 0.6 is 0 Å². The van der Waals surface area contributed by atoms with Gasteiger partial charge in [0, 0.05) is 0 Å². The minimum absolute atomic E-state index is 0.104. The van der Waals surface area contributed by atoms with Crippen LogP contribution in [0.5, 0.6) is 0 Å². The van der Waals surface area contributed by atoms with Gasteiger partial charge < -0.3 is 0 Å². The van der Waals surface area contributed by atoms with Gasteiger partial charge in [0.1, 0.15) is 0 Å². The second-order valence-corrected chi connectivity index (χ2v) is 8.15. The quantitative estimate of drug-likeness (QED) is 0.404. The van der Waals surface area contributed by atoms with Crippen LogP contribution in [0, 0.1) is 0 Å². The summed E-state index contributed by atoms with van der Waals surface area (Å²) in [5.41, 5.74) is 0. The van der Waals surface area contributed by atoms with E-state index in [1.807, 2.05) is 0 Å². The molecule has 0 rings (SSSR count). The maximum atomic E-state index is 2.30. The standard InChI is InChI=1S/2C6H13.Sn/c2*1-3-5-6-4-2;/h2*1,3-6H2,2H3;/q;;+2. The third-order valence-corrected chi connectivity index (χ3v) is 6.45. The first kappa shape index (κ1) is 13.8. The summed E-state index contributed by atoms with van der Waals surface area (Å²) < 4.78 is 3.30. The van der Waals surface area contributed by atoms with Gasteiger partial charge in [-0.1, -0.05) is 0 Å². The summed E-state index contributed by atoms with van der Waals surface area (Å²) in [6.45, 7) is 4.59. The molecule has 0 aliphatic rings. The summed E-state index contributed by atoms with van der Waals surface area (Å²) in [5, 5.41) is 0. The molecule has 0 aromatic heterocycles. The Morgan fingerprint density at radius 3 is 1.46 bits per heavy atom. The molecule has 0 N–H and O–H groups in total. The molecule has 0 aromatic rings. The second kappa shape index (κ2) is 12.8. The van der Waals surface area contributed by atoms with E-state index in [1.54, 1.807) is 21.7 Å². The van der Waals surface area contributed by atoms with Gasteiger partial charge in [-0.2, -0.15) is 0 Å². The van der Waals surface area contributed by atoms with Gasteiger partial charge in [-0.15, -0.1) is 0 Å². The van der Waals surface area contributed by atoms with Crippen molar-refractivity contribution in [3.05, 3.63) is 0 Å². The molecule has 0 saturated carbocycles. The van der Waals surface area contributed by atoms with Gasteiger partial charge in [0.15, 0.2) is 0 Å². The fourth-order valence-corrected chi connectivity index (χ4v) is 5.05. The predicted octanol–water partition coefficient (Wildman–Crippen LogP) is 4.69. The topological polar surface area (TPSA) is 0 Å². The first-order valence-electron chi connectivity index (χ1n) is 6.12. The van der Waals surface area contributed by atoms with E-state index >= 15 is 0 Å². The van der Waals surface area contributed by atoms with Crippen molar-refractivity contribution in [1.29, 1.82) is 0 Å². The Kier molecular flexibility index (Phi) is 13.6. The second-order valence-electron chi connectivity index (χ2n) is 3.87. The fourth-order valence-electron chi connectivity index (χ4n) is 1.48. The van der Waals surface area contributed by atoms with E-state index in [2.05, 4.69) is 13.8 Å². The molecule has 0 atom stereocenters. The number of unbranched alkanes of at least 4 members (excludes halogenated alkanes) is 6. The maximum absolute atomic E-state index is 2.30. The molecule has 0 saturated heterocycles. The molecule has 0 heterocycles. The molecule has 13 heavy (non-hydrogen) atoms. The number of hydrogen-bond donors (Lipinski definition) is 0. The monoisotopic (exact) mass is 290 g/mol. The molecule has 1 heteroatoms. The van der Waals surface area contributed by atoms with Crippen LogP contribution in [0.1, 0.15) is 65.2 Å². The van der Waals surface area contributed by atoms with E-state index in [1.165, 1.54) is 38.5 Å². The Hall–Kier alpha value is 0.799. The molecule has 0 bridgehead atoms. The Morgan fingerprint density at radius 1 is 0.615 bits per heavy atom. The molecule has 0 nitrogen and oxygen atoms in total. The summed E-state index contributed by atoms with van der Waals surface area (Å²) in [6.07, 6.45) is 11.8. The first-order valence-corrected chi connectivity index (χ1v) is 10.2. The van der Waals surface area contributed by atoms with E-state index in [0.717, 1.165) is 0 Å². The molecular formula is C12H26Sn+2. The van der Waals surface area contributed by atoms with Crippen molar-refractivity contribution < 1.29 is 0 Å². The molecule has 76 valence electrons. The molecule has 0 radical (unpaired) electrons. The SMILES string of the molecule is CCCCC[CH2][Sn+2][CH2]CCCCC. The fraction of sp³-hybridized carbons (Fsp3) is 1.00. The van der Waals surface area contributed by atoms with Crippen LogP contribution in [-0.2, 0) is 0 Å². The van der Waals surface area contributed by atoms with Crippen molar-refractivity contribution in [1.82, 2.24) is 0 Å². The van der Waals surface area contributed by atoms with Gasteiger partial charge >= 0.3 is 95.2 Å². The van der Waals surface area contributed by atoms with Crippen LogP contribution in [0.2, 0.25) is 8.87 Å². The van der Waals surface area contributed by atoms with Crippen molar-refractivity contribution in [3.63, 3.8) is 0 Å². The van der Waals surface area contributed by atoms with Crippen molar-refractivity contribution >= 4 is 21.1 Å². The van der Waals surface area contributed by atoms with Crippen LogP contribution in [0.15, 0.2) is 0 Å². The molecule has 0 spiro atoms. The summed E-state index contributed by atoms with van der Waals surface area (Å²) in [6, 6.07) is 0. The Balaban J connectivity index is 2.76. The van der Waals surface area contributed by atoms with Crippen molar-refractivity contribution in [2.45, 2.75) is 74.1 Å². The molecular weight excluding hydrogens is 263 g/mol. The normalized spacial score (nSPS) is 10.0. The van der Waals surface area contributed by atoms with Gasteiger partial charge in [0.05, 0.1) is 0 Å². The van der Waals surface area contributed by atoms with Gasteiger partial charge in [-0.3, -0.25) is 0 Å². The van der Waals surface area contributed by atoms with Crippen LogP contribution in [0.25, 0.3) is 0 Å². The minimum atomic E-state index is 0.104. The Morgan fingerprint density at radius 2 is 1.08 bits per heavy atom. The van der Waals surface area contributed by atoms with Crippen LogP contribution in [0.4, 0.5) is 0 Å². The van der Waals surface area contributed by atoms with E-state index in [9.17, 15) is 0 Å². The summed E-state index contributed by atoms with van der Waals surface area (Å²) in [5.74, 6) is 0.